The van der Waals surface area contributed by atoms with Crippen molar-refractivity contribution < 1.29 is 37.3 Å². The Bertz CT molecular complexity index is 1230. The summed E-state index contributed by atoms with van der Waals surface area (Å²) in [5.74, 6) is 1.72. The van der Waals surface area contributed by atoms with Gasteiger partial charge in [-0.25, -0.2) is 4.57 Å². The molecule has 1 heterocycles. The van der Waals surface area contributed by atoms with E-state index in [2.05, 4.69) is 6.92 Å². The van der Waals surface area contributed by atoms with Crippen molar-refractivity contribution in [2.45, 2.75) is 109 Å². The van der Waals surface area contributed by atoms with Crippen LogP contribution in [0.1, 0.15) is 102 Å². The quantitative estimate of drug-likeness (QED) is 0.0489. The molecule has 2 unspecified atom stereocenters. The van der Waals surface area contributed by atoms with Crippen molar-refractivity contribution >= 4 is 19.2 Å². The number of hydrogen-bond acceptors (Lipinski definition) is 7. The first-order valence-electron chi connectivity index (χ1n) is 17.0. The molecular weight excluding hydrogens is 621 g/mol. The Kier molecular flexibility index (Phi) is 19.0. The van der Waals surface area contributed by atoms with Crippen molar-refractivity contribution in [1.82, 2.24) is 0 Å². The molecule has 0 aliphatic heterocycles. The third kappa shape index (κ3) is 16.9. The number of unbranched alkanes of at least 4 members (excludes halogenated alkanes) is 13. The van der Waals surface area contributed by atoms with Gasteiger partial charge in [0.25, 0.3) is 0 Å². The van der Waals surface area contributed by atoms with Gasteiger partial charge in [0, 0.05) is 12.7 Å². The van der Waals surface area contributed by atoms with Crippen molar-refractivity contribution in [1.29, 1.82) is 0 Å². The van der Waals surface area contributed by atoms with E-state index in [4.69, 9.17) is 23.3 Å². The van der Waals surface area contributed by atoms with Crippen LogP contribution in [0.5, 0.6) is 17.2 Å². The molecule has 0 aliphatic carbocycles. The molecule has 0 amide bonds. The van der Waals surface area contributed by atoms with E-state index in [1.165, 1.54) is 90.6 Å². The average molecular weight is 677 g/mol. The molecule has 0 spiro atoms. The molecule has 2 atom stereocenters. The Morgan fingerprint density at radius 1 is 0.783 bits per heavy atom. The zero-order valence-electron chi connectivity index (χ0n) is 27.9. The third-order valence-electron chi connectivity index (χ3n) is 7.79. The summed E-state index contributed by atoms with van der Waals surface area (Å²) in [4.78, 5) is 10.3. The van der Waals surface area contributed by atoms with E-state index in [1.54, 1.807) is 29.5 Å². The van der Waals surface area contributed by atoms with Crippen LogP contribution in [0.4, 0.5) is 0 Å². The molecule has 3 rings (SSSR count). The van der Waals surface area contributed by atoms with Crippen molar-refractivity contribution in [3.05, 3.63) is 71.2 Å². The number of methoxy groups -OCH3 is 1. The molecule has 3 aromatic rings. The second-order valence-corrected chi connectivity index (χ2v) is 13.9. The SMILES string of the molecule is CCCCCCCCCCCCCCCCOc1ccc(OCC(COP(=O)(O)Oc2cccc(C[n+]3ccsc3)c2)OC)cc1. The van der Waals surface area contributed by atoms with Crippen LogP contribution in [0, 0.1) is 0 Å². The summed E-state index contributed by atoms with van der Waals surface area (Å²) < 4.78 is 42.2. The Hall–Kier alpha value is -2.42. The number of thiazole rings is 1. The fourth-order valence-electron chi connectivity index (χ4n) is 5.09. The number of aromatic nitrogens is 1. The summed E-state index contributed by atoms with van der Waals surface area (Å²) in [5.41, 5.74) is 2.93. The maximum Gasteiger partial charge on any atom is 0.527 e. The Morgan fingerprint density at radius 3 is 1.98 bits per heavy atom. The molecule has 2 aromatic carbocycles. The number of hydrogen-bond donors (Lipinski definition) is 1. The van der Waals surface area contributed by atoms with Crippen LogP contribution in [-0.4, -0.2) is 37.9 Å². The van der Waals surface area contributed by atoms with Gasteiger partial charge in [-0.05, 0) is 42.8 Å². The number of benzene rings is 2. The minimum atomic E-state index is -4.36. The third-order valence-corrected chi connectivity index (χ3v) is 9.38. The first-order chi connectivity index (χ1) is 22.5. The molecule has 1 aromatic heterocycles. The zero-order valence-corrected chi connectivity index (χ0v) is 29.6. The monoisotopic (exact) mass is 676 g/mol. The van der Waals surface area contributed by atoms with Gasteiger partial charge in [-0.2, -0.15) is 4.57 Å². The lowest BCUT2D eigenvalue weighted by atomic mass is 10.0. The second kappa shape index (κ2) is 23.0. The molecule has 0 radical (unpaired) electrons. The van der Waals surface area contributed by atoms with Crippen LogP contribution in [0.3, 0.4) is 0 Å². The molecule has 10 heteroatoms. The highest BCUT2D eigenvalue weighted by atomic mass is 32.1. The highest BCUT2D eigenvalue weighted by molar-refractivity contribution is 7.47. The van der Waals surface area contributed by atoms with Crippen molar-refractivity contribution in [2.75, 3.05) is 26.9 Å². The molecule has 0 bridgehead atoms. The highest BCUT2D eigenvalue weighted by Gasteiger charge is 2.26. The van der Waals surface area contributed by atoms with Gasteiger partial charge in [-0.15, -0.1) is 0 Å². The van der Waals surface area contributed by atoms with Gasteiger partial charge in [0.15, 0.2) is 12.7 Å². The number of phosphoric acid groups is 1. The summed E-state index contributed by atoms with van der Waals surface area (Å²) in [7, 11) is -2.86. The van der Waals surface area contributed by atoms with Crippen molar-refractivity contribution in [3.63, 3.8) is 0 Å². The highest BCUT2D eigenvalue weighted by Crippen LogP contribution is 2.44. The van der Waals surface area contributed by atoms with Crippen LogP contribution in [0.2, 0.25) is 0 Å². The first kappa shape index (κ1) is 38.0. The lowest BCUT2D eigenvalue weighted by Gasteiger charge is -2.19. The molecule has 1 N–H and O–H groups in total. The molecule has 0 saturated heterocycles. The lowest BCUT2D eigenvalue weighted by molar-refractivity contribution is -0.683. The molecule has 46 heavy (non-hydrogen) atoms. The van der Waals surface area contributed by atoms with E-state index in [0.29, 0.717) is 18.9 Å². The Labute approximate surface area is 280 Å². The van der Waals surface area contributed by atoms with Crippen molar-refractivity contribution in [3.8, 4) is 17.2 Å². The molecule has 8 nitrogen and oxygen atoms in total. The maximum absolute atomic E-state index is 12.6. The van der Waals surface area contributed by atoms with Crippen LogP contribution in [0.15, 0.2) is 65.6 Å². The minimum Gasteiger partial charge on any atom is -0.494 e. The molecular formula is C36H55NO7PS+. The average Bonchev–Trinajstić information content (AvgIpc) is 3.56. The van der Waals surface area contributed by atoms with Gasteiger partial charge in [0.2, 0.25) is 5.51 Å². The Morgan fingerprint density at radius 2 is 1.39 bits per heavy atom. The largest absolute Gasteiger partial charge is 0.527 e. The van der Waals surface area contributed by atoms with Crippen LogP contribution in [0.25, 0.3) is 0 Å². The van der Waals surface area contributed by atoms with Gasteiger partial charge >= 0.3 is 7.82 Å². The van der Waals surface area contributed by atoms with Gasteiger partial charge < -0.3 is 18.7 Å². The van der Waals surface area contributed by atoms with E-state index in [9.17, 15) is 9.46 Å². The topological polar surface area (TPSA) is 87.3 Å². The molecule has 0 saturated carbocycles. The predicted molar refractivity (Wildman–Crippen MR) is 185 cm³/mol. The molecule has 0 aliphatic rings. The van der Waals surface area contributed by atoms with Crippen LogP contribution >= 0.6 is 19.2 Å². The smallest absolute Gasteiger partial charge is 0.494 e. The number of nitrogens with zero attached hydrogens (tertiary/aromatic N) is 1. The number of rotatable bonds is 27. The van der Waals surface area contributed by atoms with Crippen molar-refractivity contribution in [2.24, 2.45) is 0 Å². The normalized spacial score (nSPS) is 13.3. The fourth-order valence-corrected chi connectivity index (χ4v) is 6.48. The van der Waals surface area contributed by atoms with Gasteiger partial charge in [-0.3, -0.25) is 9.42 Å². The van der Waals surface area contributed by atoms with Crippen LogP contribution < -0.4 is 18.6 Å². The number of ether oxygens (including phenoxy) is 3. The summed E-state index contributed by atoms with van der Waals surface area (Å²) in [6.07, 6.45) is 20.2. The Balaban J connectivity index is 1.23. The second-order valence-electron chi connectivity index (χ2n) is 11.8. The predicted octanol–water partition coefficient (Wildman–Crippen LogP) is 9.53. The van der Waals surface area contributed by atoms with Gasteiger partial charge in [0.05, 0.1) is 18.6 Å². The van der Waals surface area contributed by atoms with Gasteiger partial charge in [-0.1, -0.05) is 114 Å². The fraction of sp³-hybridized carbons (Fsp3) is 0.583. The van der Waals surface area contributed by atoms with E-state index in [1.807, 2.05) is 52.0 Å². The first-order valence-corrected chi connectivity index (χ1v) is 19.5. The zero-order chi connectivity index (χ0) is 32.7. The maximum atomic E-state index is 12.6. The lowest BCUT2D eigenvalue weighted by Crippen LogP contribution is -2.30. The summed E-state index contributed by atoms with van der Waals surface area (Å²) >= 11 is 1.60. The summed E-state index contributed by atoms with van der Waals surface area (Å²) in [6, 6.07) is 14.5. The molecule has 256 valence electrons. The van der Waals surface area contributed by atoms with E-state index in [-0.39, 0.29) is 19.0 Å². The number of phosphoric ester groups is 1. The van der Waals surface area contributed by atoms with E-state index < -0.39 is 13.9 Å². The summed E-state index contributed by atoms with van der Waals surface area (Å²) in [6.45, 7) is 3.59. The van der Waals surface area contributed by atoms with E-state index >= 15 is 0 Å². The molecule has 0 fully saturated rings. The van der Waals surface area contributed by atoms with E-state index in [0.717, 1.165) is 17.7 Å². The van der Waals surface area contributed by atoms with Crippen LogP contribution in [-0.2, 0) is 20.4 Å². The van der Waals surface area contributed by atoms with Gasteiger partial charge in [0.1, 0.15) is 30.0 Å². The standard InChI is InChI=1S/C36H54NO7PS/c1-3-4-5-6-7-8-9-10-11-12-13-14-15-16-25-41-33-20-22-34(23-21-33)42-29-36(40-2)30-43-45(38,39)44-35-19-17-18-32(27-35)28-37-24-26-46-31-37/h17-24,26-27,31,36H,3-16,25,28-30H2,1-2H3/p+1. The minimum absolute atomic E-state index is 0.142. The summed E-state index contributed by atoms with van der Waals surface area (Å²) in [5, 5.41) is 1.98.